The van der Waals surface area contributed by atoms with E-state index >= 15 is 0 Å². The maximum Gasteiger partial charge on any atom is 0.226 e. The number of fused-ring (bicyclic) bond motifs is 1. The lowest BCUT2D eigenvalue weighted by Gasteiger charge is -2.38. The van der Waals surface area contributed by atoms with Crippen molar-refractivity contribution in [2.45, 2.75) is 45.1 Å². The fourth-order valence-electron chi connectivity index (χ4n) is 3.35. The normalized spacial score (nSPS) is 26.3. The van der Waals surface area contributed by atoms with E-state index in [9.17, 15) is 4.79 Å². The molecule has 0 radical (unpaired) electrons. The van der Waals surface area contributed by atoms with Crippen molar-refractivity contribution in [3.8, 4) is 0 Å². The standard InChI is InChI=1S/C16H21NOS/c1-2-14-13-9-11-19-15(13)8-10-17(14)16(18)12-6-4-3-5-7-12/h3-4,9,11-12,14H,2,5-8,10H2,1H3. The summed E-state index contributed by atoms with van der Waals surface area (Å²) < 4.78 is 0. The molecule has 2 atom stereocenters. The van der Waals surface area contributed by atoms with Gasteiger partial charge in [-0.05, 0) is 49.1 Å². The van der Waals surface area contributed by atoms with Crippen LogP contribution in [0.25, 0.3) is 0 Å². The Morgan fingerprint density at radius 1 is 1.47 bits per heavy atom. The Hall–Kier alpha value is -1.09. The van der Waals surface area contributed by atoms with E-state index in [2.05, 4.69) is 35.4 Å². The van der Waals surface area contributed by atoms with Crippen molar-refractivity contribution in [3.05, 3.63) is 34.0 Å². The van der Waals surface area contributed by atoms with E-state index in [0.717, 1.165) is 38.6 Å². The zero-order valence-electron chi connectivity index (χ0n) is 11.5. The maximum atomic E-state index is 12.7. The average molecular weight is 275 g/mol. The van der Waals surface area contributed by atoms with E-state index in [1.807, 2.05) is 11.3 Å². The van der Waals surface area contributed by atoms with Crippen LogP contribution in [0, 0.1) is 5.92 Å². The van der Waals surface area contributed by atoms with Crippen LogP contribution in [0.2, 0.25) is 0 Å². The third-order valence-electron chi connectivity index (χ3n) is 4.38. The summed E-state index contributed by atoms with van der Waals surface area (Å²) in [5, 5.41) is 2.17. The number of allylic oxidation sites excluding steroid dienone is 2. The van der Waals surface area contributed by atoms with Crippen LogP contribution in [0.1, 0.15) is 49.1 Å². The number of carbonyl (C=O) groups excluding carboxylic acids is 1. The lowest BCUT2D eigenvalue weighted by atomic mass is 9.90. The summed E-state index contributed by atoms with van der Waals surface area (Å²) in [7, 11) is 0. The molecule has 2 aliphatic rings. The van der Waals surface area contributed by atoms with E-state index in [1.165, 1.54) is 10.4 Å². The third kappa shape index (κ3) is 2.36. The van der Waals surface area contributed by atoms with Gasteiger partial charge in [0.25, 0.3) is 0 Å². The zero-order chi connectivity index (χ0) is 13.2. The first-order valence-electron chi connectivity index (χ1n) is 7.33. The monoisotopic (exact) mass is 275 g/mol. The number of nitrogens with zero attached hydrogens (tertiary/aromatic N) is 1. The molecule has 1 aromatic rings. The Morgan fingerprint density at radius 3 is 3.11 bits per heavy atom. The molecule has 0 saturated heterocycles. The lowest BCUT2D eigenvalue weighted by molar-refractivity contribution is -0.138. The van der Waals surface area contributed by atoms with Gasteiger partial charge in [-0.15, -0.1) is 11.3 Å². The van der Waals surface area contributed by atoms with E-state index in [4.69, 9.17) is 0 Å². The number of hydrogen-bond donors (Lipinski definition) is 0. The molecule has 0 saturated carbocycles. The van der Waals surface area contributed by atoms with E-state index in [1.54, 1.807) is 0 Å². The molecular weight excluding hydrogens is 254 g/mol. The maximum absolute atomic E-state index is 12.7. The second-order valence-corrected chi connectivity index (χ2v) is 6.49. The van der Waals surface area contributed by atoms with Crippen molar-refractivity contribution in [2.75, 3.05) is 6.54 Å². The van der Waals surface area contributed by atoms with Gasteiger partial charge in [0.15, 0.2) is 0 Å². The van der Waals surface area contributed by atoms with Crippen LogP contribution in [0.5, 0.6) is 0 Å². The van der Waals surface area contributed by atoms with Gasteiger partial charge in [-0.25, -0.2) is 0 Å². The van der Waals surface area contributed by atoms with Crippen LogP contribution < -0.4 is 0 Å². The van der Waals surface area contributed by atoms with Gasteiger partial charge in [0.1, 0.15) is 0 Å². The quantitative estimate of drug-likeness (QED) is 0.749. The first-order chi connectivity index (χ1) is 9.31. The van der Waals surface area contributed by atoms with Gasteiger partial charge in [0.05, 0.1) is 6.04 Å². The molecule has 2 heterocycles. The van der Waals surface area contributed by atoms with Gasteiger partial charge in [0.2, 0.25) is 5.91 Å². The van der Waals surface area contributed by atoms with Gasteiger partial charge >= 0.3 is 0 Å². The van der Waals surface area contributed by atoms with Crippen LogP contribution in [-0.2, 0) is 11.2 Å². The summed E-state index contributed by atoms with van der Waals surface area (Å²) in [6, 6.07) is 2.53. The molecule has 1 amide bonds. The first kappa shape index (κ1) is 12.9. The highest BCUT2D eigenvalue weighted by Gasteiger charge is 2.33. The van der Waals surface area contributed by atoms with Crippen molar-refractivity contribution in [1.82, 2.24) is 4.90 Å². The summed E-state index contributed by atoms with van der Waals surface area (Å²) >= 11 is 1.84. The molecule has 0 fully saturated rings. The molecule has 1 aliphatic heterocycles. The molecular formula is C16H21NOS. The Kier molecular flexibility index (Phi) is 3.74. The second-order valence-electron chi connectivity index (χ2n) is 5.49. The predicted octanol–water partition coefficient (Wildman–Crippen LogP) is 3.94. The average Bonchev–Trinajstić information content (AvgIpc) is 2.94. The molecule has 3 heteroatoms. The van der Waals surface area contributed by atoms with Crippen molar-refractivity contribution >= 4 is 17.2 Å². The molecule has 102 valence electrons. The van der Waals surface area contributed by atoms with Crippen LogP contribution in [0.3, 0.4) is 0 Å². The molecule has 0 aromatic carbocycles. The molecule has 1 aromatic heterocycles. The molecule has 2 unspecified atom stereocenters. The van der Waals surface area contributed by atoms with E-state index < -0.39 is 0 Å². The summed E-state index contributed by atoms with van der Waals surface area (Å²) in [5.41, 5.74) is 1.40. The first-order valence-corrected chi connectivity index (χ1v) is 8.21. The summed E-state index contributed by atoms with van der Waals surface area (Å²) in [6.45, 7) is 3.10. The number of thiophene rings is 1. The van der Waals surface area contributed by atoms with Gasteiger partial charge in [-0.2, -0.15) is 0 Å². The topological polar surface area (TPSA) is 20.3 Å². The van der Waals surface area contributed by atoms with Gasteiger partial charge < -0.3 is 4.90 Å². The van der Waals surface area contributed by atoms with Crippen molar-refractivity contribution in [1.29, 1.82) is 0 Å². The number of amides is 1. The zero-order valence-corrected chi connectivity index (χ0v) is 12.3. The van der Waals surface area contributed by atoms with Crippen molar-refractivity contribution < 1.29 is 4.79 Å². The Morgan fingerprint density at radius 2 is 2.37 bits per heavy atom. The van der Waals surface area contributed by atoms with Crippen LogP contribution in [-0.4, -0.2) is 17.4 Å². The molecule has 2 nitrogen and oxygen atoms in total. The highest BCUT2D eigenvalue weighted by Crippen LogP contribution is 2.37. The highest BCUT2D eigenvalue weighted by molar-refractivity contribution is 7.10. The van der Waals surface area contributed by atoms with E-state index in [0.29, 0.717) is 11.9 Å². The molecule has 1 aliphatic carbocycles. The summed E-state index contributed by atoms with van der Waals surface area (Å²) in [5.74, 6) is 0.604. The third-order valence-corrected chi connectivity index (χ3v) is 5.38. The molecule has 19 heavy (non-hydrogen) atoms. The lowest BCUT2D eigenvalue weighted by Crippen LogP contribution is -2.42. The number of hydrogen-bond acceptors (Lipinski definition) is 2. The van der Waals surface area contributed by atoms with Crippen molar-refractivity contribution in [3.63, 3.8) is 0 Å². The molecule has 0 bridgehead atoms. The smallest absolute Gasteiger partial charge is 0.226 e. The van der Waals surface area contributed by atoms with Crippen molar-refractivity contribution in [2.24, 2.45) is 5.92 Å². The van der Waals surface area contributed by atoms with Gasteiger partial charge in [-0.1, -0.05) is 19.1 Å². The number of carbonyl (C=O) groups is 1. The highest BCUT2D eigenvalue weighted by atomic mass is 32.1. The minimum absolute atomic E-state index is 0.222. The largest absolute Gasteiger partial charge is 0.335 e. The summed E-state index contributed by atoms with van der Waals surface area (Å²) in [6.07, 6.45) is 9.46. The van der Waals surface area contributed by atoms with E-state index in [-0.39, 0.29) is 5.92 Å². The fraction of sp³-hybridized carbons (Fsp3) is 0.562. The van der Waals surface area contributed by atoms with Crippen LogP contribution in [0.15, 0.2) is 23.6 Å². The Bertz CT molecular complexity index is 491. The molecule has 0 spiro atoms. The minimum Gasteiger partial charge on any atom is -0.335 e. The van der Waals surface area contributed by atoms with Crippen LogP contribution in [0.4, 0.5) is 0 Å². The second kappa shape index (κ2) is 5.49. The number of rotatable bonds is 2. The predicted molar refractivity (Wildman–Crippen MR) is 79.2 cm³/mol. The molecule has 3 rings (SSSR count). The van der Waals surface area contributed by atoms with Crippen LogP contribution >= 0.6 is 11.3 Å². The minimum atomic E-state index is 0.222. The molecule has 0 N–H and O–H groups in total. The van der Waals surface area contributed by atoms with Gasteiger partial charge in [0, 0.05) is 17.3 Å². The fourth-order valence-corrected chi connectivity index (χ4v) is 4.28. The SMILES string of the molecule is CCC1c2ccsc2CCN1C(=O)C1CC=CCC1. The van der Waals surface area contributed by atoms with Gasteiger partial charge in [-0.3, -0.25) is 4.79 Å². The Labute approximate surface area is 119 Å². The summed E-state index contributed by atoms with van der Waals surface area (Å²) in [4.78, 5) is 16.4. The Balaban J connectivity index is 1.81.